The highest BCUT2D eigenvalue weighted by Gasteiger charge is 2.75. The van der Waals surface area contributed by atoms with Gasteiger partial charge in [0.25, 0.3) is 0 Å². The standard InChI is InChI=1S/C30H42O11/c1-13-22(32)25(37-4)30(36)26(39-13)40-18-10-15-5-6-17-21(27(15,2)11-19(18)41-30)23(33)24(34)28(3)16(7-8-29(17,28)35)14-9-20(31)38-12-14/h9,13,15-19,21-22,24-26,32,34-36H,5-8,10-12H2,1-4H3/t13-,15-,16+,17-,18-,19-,21-,22+,24-,25-,26+,27+,28+,29+,30+/m1/s1. The number of aliphatic hydroxyl groups is 4. The van der Waals surface area contributed by atoms with Crippen LogP contribution in [-0.2, 0) is 33.3 Å². The van der Waals surface area contributed by atoms with E-state index in [9.17, 15) is 30.0 Å². The van der Waals surface area contributed by atoms with E-state index >= 15 is 0 Å². The van der Waals surface area contributed by atoms with Crippen LogP contribution in [0.3, 0.4) is 0 Å². The number of methoxy groups -OCH3 is 1. The number of Topliss-reactive ketones (excluding diaryl/α,β-unsaturated/α-hetero) is 1. The van der Waals surface area contributed by atoms with Crippen LogP contribution in [0.2, 0.25) is 0 Å². The van der Waals surface area contributed by atoms with Gasteiger partial charge in [-0.3, -0.25) is 4.79 Å². The summed E-state index contributed by atoms with van der Waals surface area (Å²) < 4.78 is 29.0. The van der Waals surface area contributed by atoms with Crippen LogP contribution in [0.4, 0.5) is 0 Å². The van der Waals surface area contributed by atoms with Crippen LogP contribution in [0.15, 0.2) is 11.6 Å². The minimum Gasteiger partial charge on any atom is -0.458 e. The van der Waals surface area contributed by atoms with Crippen molar-refractivity contribution in [3.8, 4) is 0 Å². The van der Waals surface area contributed by atoms with E-state index in [0.717, 1.165) is 12.0 Å². The topological polar surface area (TPSA) is 161 Å². The fourth-order valence-electron chi connectivity index (χ4n) is 10.4. The summed E-state index contributed by atoms with van der Waals surface area (Å²) >= 11 is 0. The molecular formula is C30H42O11. The highest BCUT2D eigenvalue weighted by atomic mass is 16.8. The summed E-state index contributed by atoms with van der Waals surface area (Å²) in [5, 5.41) is 46.5. The van der Waals surface area contributed by atoms with Crippen LogP contribution in [0.25, 0.3) is 0 Å². The van der Waals surface area contributed by atoms with Crippen molar-refractivity contribution in [1.29, 1.82) is 0 Å². The Hall–Kier alpha value is -1.44. The average Bonchev–Trinajstić information content (AvgIpc) is 3.46. The van der Waals surface area contributed by atoms with E-state index in [0.29, 0.717) is 32.1 Å². The maximum absolute atomic E-state index is 14.3. The second-order valence-electron chi connectivity index (χ2n) is 14.1. The van der Waals surface area contributed by atoms with Gasteiger partial charge in [0.15, 0.2) is 5.78 Å². The Kier molecular flexibility index (Phi) is 6.25. The summed E-state index contributed by atoms with van der Waals surface area (Å²) in [5.41, 5.74) is -2.36. The monoisotopic (exact) mass is 578 g/mol. The Bertz CT molecular complexity index is 1170. The second kappa shape index (κ2) is 9.04. The van der Waals surface area contributed by atoms with E-state index < -0.39 is 77.0 Å². The number of ketones is 1. The van der Waals surface area contributed by atoms with Gasteiger partial charge >= 0.3 is 5.97 Å². The van der Waals surface area contributed by atoms with Crippen LogP contribution in [-0.4, -0.2) is 100 Å². The highest BCUT2D eigenvalue weighted by Crippen LogP contribution is 2.69. The van der Waals surface area contributed by atoms with Crippen molar-refractivity contribution in [1.82, 2.24) is 0 Å². The van der Waals surface area contributed by atoms with Gasteiger partial charge in [0, 0.05) is 24.5 Å². The van der Waals surface area contributed by atoms with Crippen LogP contribution in [0.5, 0.6) is 0 Å². The number of carbonyl (C=O) groups excluding carboxylic acids is 2. The van der Waals surface area contributed by atoms with E-state index in [2.05, 4.69) is 0 Å². The summed E-state index contributed by atoms with van der Waals surface area (Å²) in [6, 6.07) is 0. The van der Waals surface area contributed by atoms with Crippen molar-refractivity contribution in [3.63, 3.8) is 0 Å². The first kappa shape index (κ1) is 28.3. The number of carbonyl (C=O) groups is 2. The summed E-state index contributed by atoms with van der Waals surface area (Å²) in [5.74, 6) is -4.03. The molecule has 41 heavy (non-hydrogen) atoms. The summed E-state index contributed by atoms with van der Waals surface area (Å²) in [6.07, 6.45) is -1.67. The number of hydrogen-bond donors (Lipinski definition) is 4. The number of cyclic esters (lactones) is 1. The molecule has 15 atom stereocenters. The lowest BCUT2D eigenvalue weighted by Gasteiger charge is -2.65. The lowest BCUT2D eigenvalue weighted by Crippen LogP contribution is -2.75. The van der Waals surface area contributed by atoms with E-state index in [-0.39, 0.29) is 30.1 Å². The SMILES string of the molecule is CO[C@@H]1[C@@H](O)[C@@H](C)O[C@H]2O[C@@H]3C[C@H]4CC[C@@H]5[C@H](C(=O)[C@@H](O)[C@]6(C)[C@H](C7=CC(=O)OC7)CC[C@]56O)[C@@]4(C)C[C@H]3O[C@]21O. The van der Waals surface area contributed by atoms with Crippen LogP contribution < -0.4 is 0 Å². The molecule has 228 valence electrons. The molecular weight excluding hydrogens is 536 g/mol. The molecule has 2 saturated heterocycles. The van der Waals surface area contributed by atoms with Gasteiger partial charge in [-0.25, -0.2) is 4.79 Å². The maximum atomic E-state index is 14.3. The Balaban J connectivity index is 1.21. The third kappa shape index (κ3) is 3.49. The Morgan fingerprint density at radius 3 is 2.49 bits per heavy atom. The van der Waals surface area contributed by atoms with Crippen molar-refractivity contribution in [2.24, 2.45) is 34.5 Å². The molecule has 11 nitrogen and oxygen atoms in total. The van der Waals surface area contributed by atoms with Gasteiger partial charge in [0.2, 0.25) is 12.1 Å². The highest BCUT2D eigenvalue weighted by molar-refractivity contribution is 5.90. The summed E-state index contributed by atoms with van der Waals surface area (Å²) in [4.78, 5) is 26.2. The van der Waals surface area contributed by atoms with E-state index in [1.165, 1.54) is 13.2 Å². The minimum atomic E-state index is -2.04. The number of hydrogen-bond acceptors (Lipinski definition) is 11. The third-order valence-corrected chi connectivity index (χ3v) is 12.6. The first-order valence-corrected chi connectivity index (χ1v) is 15.0. The Morgan fingerprint density at radius 1 is 1.05 bits per heavy atom. The first-order valence-electron chi connectivity index (χ1n) is 15.0. The minimum absolute atomic E-state index is 0.0643. The van der Waals surface area contributed by atoms with Crippen molar-refractivity contribution >= 4 is 11.8 Å². The van der Waals surface area contributed by atoms with Crippen LogP contribution in [0.1, 0.15) is 59.3 Å². The molecule has 0 radical (unpaired) electrons. The van der Waals surface area contributed by atoms with Crippen molar-refractivity contribution in [3.05, 3.63) is 11.6 Å². The molecule has 6 fully saturated rings. The molecule has 4 saturated carbocycles. The summed E-state index contributed by atoms with van der Waals surface area (Å²) in [6.45, 7) is 5.65. The smallest absolute Gasteiger partial charge is 0.331 e. The Morgan fingerprint density at radius 2 is 1.80 bits per heavy atom. The molecule has 0 spiro atoms. The van der Waals surface area contributed by atoms with Crippen LogP contribution in [0, 0.1) is 34.5 Å². The van der Waals surface area contributed by atoms with E-state index in [1.54, 1.807) is 13.8 Å². The average molecular weight is 579 g/mol. The summed E-state index contributed by atoms with van der Waals surface area (Å²) in [7, 11) is 1.39. The second-order valence-corrected chi connectivity index (χ2v) is 14.1. The molecule has 3 heterocycles. The zero-order valence-electron chi connectivity index (χ0n) is 24.0. The van der Waals surface area contributed by atoms with Gasteiger partial charge in [0.05, 0.1) is 23.9 Å². The molecule has 4 aliphatic carbocycles. The molecule has 11 heteroatoms. The normalized spacial score (nSPS) is 58.0. The predicted molar refractivity (Wildman–Crippen MR) is 139 cm³/mol. The number of ether oxygens (including phenoxy) is 5. The number of rotatable bonds is 2. The molecule has 0 bridgehead atoms. The fourth-order valence-corrected chi connectivity index (χ4v) is 10.4. The number of fused-ring (bicyclic) bond motifs is 7. The first-order chi connectivity index (χ1) is 19.3. The number of esters is 1. The molecule has 7 aliphatic rings. The van der Waals surface area contributed by atoms with Crippen molar-refractivity contribution in [2.75, 3.05) is 13.7 Å². The lowest BCUT2D eigenvalue weighted by atomic mass is 9.42. The zero-order valence-corrected chi connectivity index (χ0v) is 24.0. The van der Waals surface area contributed by atoms with E-state index in [4.69, 9.17) is 23.7 Å². The predicted octanol–water partition coefficient (Wildman–Crippen LogP) is 0.596. The molecule has 0 aromatic carbocycles. The zero-order chi connectivity index (χ0) is 29.3. The Labute approximate surface area is 239 Å². The molecule has 0 aromatic rings. The van der Waals surface area contributed by atoms with Crippen LogP contribution >= 0.6 is 0 Å². The third-order valence-electron chi connectivity index (χ3n) is 12.6. The van der Waals surface area contributed by atoms with Crippen molar-refractivity contribution in [2.45, 2.75) is 114 Å². The maximum Gasteiger partial charge on any atom is 0.331 e. The largest absolute Gasteiger partial charge is 0.458 e. The van der Waals surface area contributed by atoms with Gasteiger partial charge in [-0.15, -0.1) is 0 Å². The van der Waals surface area contributed by atoms with Gasteiger partial charge in [-0.05, 0) is 74.2 Å². The molecule has 4 N–H and O–H groups in total. The van der Waals surface area contributed by atoms with Crippen molar-refractivity contribution < 1.29 is 53.7 Å². The van der Waals surface area contributed by atoms with Gasteiger partial charge in [-0.1, -0.05) is 13.8 Å². The molecule has 7 rings (SSSR count). The lowest BCUT2D eigenvalue weighted by molar-refractivity contribution is -0.470. The van der Waals surface area contributed by atoms with E-state index in [1.807, 2.05) is 6.92 Å². The van der Waals surface area contributed by atoms with Gasteiger partial charge in [-0.2, -0.15) is 0 Å². The molecule has 3 aliphatic heterocycles. The molecule has 0 aromatic heterocycles. The van der Waals surface area contributed by atoms with Gasteiger partial charge in [0.1, 0.15) is 24.9 Å². The quantitative estimate of drug-likeness (QED) is 0.268. The molecule has 0 unspecified atom stereocenters. The molecule has 0 amide bonds. The van der Waals surface area contributed by atoms with Gasteiger partial charge < -0.3 is 44.1 Å². The number of aliphatic hydroxyl groups excluding tert-OH is 2. The fraction of sp³-hybridized carbons (Fsp3) is 0.867.